The van der Waals surface area contributed by atoms with Gasteiger partial charge in [-0.05, 0) is 17.5 Å². The van der Waals surface area contributed by atoms with E-state index < -0.39 is 0 Å². The average molecular weight is 245 g/mol. The first kappa shape index (κ1) is 12.7. The molecule has 0 aliphatic carbocycles. The number of rotatable bonds is 3. The topological polar surface area (TPSA) is 68.8 Å². The number of aromatic nitrogens is 3. The monoisotopic (exact) mass is 245 g/mol. The Balaban J connectivity index is 2.45. The summed E-state index contributed by atoms with van der Waals surface area (Å²) in [6.07, 6.45) is 1.75. The van der Waals surface area contributed by atoms with E-state index in [0.717, 1.165) is 11.4 Å². The molecule has 0 radical (unpaired) electrons. The molecule has 96 valence electrons. The lowest BCUT2D eigenvalue weighted by molar-refractivity contribution is 0.266. The highest BCUT2D eigenvalue weighted by Crippen LogP contribution is 2.32. The van der Waals surface area contributed by atoms with Gasteiger partial charge >= 0.3 is 0 Å². The fourth-order valence-electron chi connectivity index (χ4n) is 1.99. The molecule has 5 nitrogen and oxygen atoms in total. The van der Waals surface area contributed by atoms with Crippen LogP contribution in [-0.2, 0) is 0 Å². The Kier molecular flexibility index (Phi) is 3.45. The van der Waals surface area contributed by atoms with Crippen molar-refractivity contribution in [3.63, 3.8) is 0 Å². The SMILES string of the molecule is CC(C)(C)C(NN)c1cnnn1-c1ccccc1. The molecule has 0 spiro atoms. The third-order valence-electron chi connectivity index (χ3n) is 2.90. The quantitative estimate of drug-likeness (QED) is 0.639. The Bertz CT molecular complexity index is 498. The maximum absolute atomic E-state index is 5.68. The number of nitrogens with one attached hydrogen (secondary N) is 1. The average Bonchev–Trinajstić information content (AvgIpc) is 2.78. The summed E-state index contributed by atoms with van der Waals surface area (Å²) in [5.74, 6) is 5.68. The van der Waals surface area contributed by atoms with Gasteiger partial charge in [-0.1, -0.05) is 44.2 Å². The first-order valence-corrected chi connectivity index (χ1v) is 5.96. The van der Waals surface area contributed by atoms with Crippen LogP contribution in [-0.4, -0.2) is 15.0 Å². The lowest BCUT2D eigenvalue weighted by Crippen LogP contribution is -2.38. The predicted molar refractivity (Wildman–Crippen MR) is 70.9 cm³/mol. The van der Waals surface area contributed by atoms with E-state index in [4.69, 9.17) is 5.84 Å². The van der Waals surface area contributed by atoms with Crippen LogP contribution in [0.25, 0.3) is 5.69 Å². The molecule has 0 aliphatic rings. The number of hydrazine groups is 1. The van der Waals surface area contributed by atoms with E-state index in [1.165, 1.54) is 0 Å². The van der Waals surface area contributed by atoms with E-state index in [0.29, 0.717) is 0 Å². The molecule has 0 aliphatic heterocycles. The minimum absolute atomic E-state index is 0.0206. The van der Waals surface area contributed by atoms with Crippen LogP contribution in [0.5, 0.6) is 0 Å². The van der Waals surface area contributed by atoms with Gasteiger partial charge in [0.05, 0.1) is 23.6 Å². The van der Waals surface area contributed by atoms with Crippen molar-refractivity contribution in [2.45, 2.75) is 26.8 Å². The third kappa shape index (κ3) is 2.42. The summed E-state index contributed by atoms with van der Waals surface area (Å²) in [5, 5.41) is 8.14. The zero-order chi connectivity index (χ0) is 13.2. The first-order chi connectivity index (χ1) is 8.54. The van der Waals surface area contributed by atoms with Crippen molar-refractivity contribution in [3.05, 3.63) is 42.2 Å². The van der Waals surface area contributed by atoms with Crippen molar-refractivity contribution in [1.29, 1.82) is 0 Å². The third-order valence-corrected chi connectivity index (χ3v) is 2.90. The van der Waals surface area contributed by atoms with Crippen LogP contribution in [0.3, 0.4) is 0 Å². The Labute approximate surface area is 107 Å². The second-order valence-electron chi connectivity index (χ2n) is 5.37. The Morgan fingerprint density at radius 2 is 1.89 bits per heavy atom. The highest BCUT2D eigenvalue weighted by molar-refractivity contribution is 5.32. The largest absolute Gasteiger partial charge is 0.271 e. The number of benzene rings is 1. The summed E-state index contributed by atoms with van der Waals surface area (Å²) >= 11 is 0. The second kappa shape index (κ2) is 4.88. The van der Waals surface area contributed by atoms with Gasteiger partial charge in [-0.3, -0.25) is 11.3 Å². The van der Waals surface area contributed by atoms with Crippen molar-refractivity contribution in [3.8, 4) is 5.69 Å². The van der Waals surface area contributed by atoms with E-state index >= 15 is 0 Å². The highest BCUT2D eigenvalue weighted by atomic mass is 15.4. The van der Waals surface area contributed by atoms with Crippen LogP contribution in [0.15, 0.2) is 36.5 Å². The number of hydrogen-bond donors (Lipinski definition) is 2. The molecule has 0 fully saturated rings. The summed E-state index contributed by atoms with van der Waals surface area (Å²) in [5.41, 5.74) is 4.76. The molecule has 0 amide bonds. The molecule has 1 atom stereocenters. The van der Waals surface area contributed by atoms with E-state index in [1.807, 2.05) is 35.0 Å². The molecular formula is C13H19N5. The van der Waals surface area contributed by atoms with Crippen LogP contribution in [0.4, 0.5) is 0 Å². The Morgan fingerprint density at radius 3 is 2.44 bits per heavy atom. The van der Waals surface area contributed by atoms with Crippen molar-refractivity contribution in [2.24, 2.45) is 11.3 Å². The summed E-state index contributed by atoms with van der Waals surface area (Å²) in [6, 6.07) is 9.89. The number of hydrogen-bond acceptors (Lipinski definition) is 4. The van der Waals surface area contributed by atoms with Crippen LogP contribution in [0.1, 0.15) is 32.5 Å². The van der Waals surface area contributed by atoms with Gasteiger partial charge in [-0.15, -0.1) is 5.10 Å². The van der Waals surface area contributed by atoms with Crippen LogP contribution >= 0.6 is 0 Å². The van der Waals surface area contributed by atoms with E-state index in [1.54, 1.807) is 6.20 Å². The molecule has 1 heterocycles. The molecule has 5 heteroatoms. The second-order valence-corrected chi connectivity index (χ2v) is 5.37. The van der Waals surface area contributed by atoms with Gasteiger partial charge in [0.2, 0.25) is 0 Å². The zero-order valence-corrected chi connectivity index (χ0v) is 11.0. The first-order valence-electron chi connectivity index (χ1n) is 5.96. The smallest absolute Gasteiger partial charge is 0.0834 e. The number of nitrogens with two attached hydrogens (primary N) is 1. The molecule has 0 saturated carbocycles. The molecule has 1 aromatic carbocycles. The van der Waals surface area contributed by atoms with Gasteiger partial charge in [0.15, 0.2) is 0 Å². The van der Waals surface area contributed by atoms with Gasteiger partial charge in [0.1, 0.15) is 0 Å². The van der Waals surface area contributed by atoms with Crippen LogP contribution in [0, 0.1) is 5.41 Å². The zero-order valence-electron chi connectivity index (χ0n) is 11.0. The van der Waals surface area contributed by atoms with Crippen molar-refractivity contribution in [1.82, 2.24) is 20.4 Å². The highest BCUT2D eigenvalue weighted by Gasteiger charge is 2.28. The molecule has 2 rings (SSSR count). The van der Waals surface area contributed by atoms with Gasteiger partial charge < -0.3 is 0 Å². The standard InChI is InChI=1S/C13H19N5/c1-13(2,3)12(16-14)11-9-15-17-18(11)10-7-5-4-6-8-10/h4-9,12,16H,14H2,1-3H3. The van der Waals surface area contributed by atoms with Gasteiger partial charge in [-0.25, -0.2) is 4.68 Å². The number of para-hydroxylation sites is 1. The van der Waals surface area contributed by atoms with E-state index in [9.17, 15) is 0 Å². The van der Waals surface area contributed by atoms with Gasteiger partial charge in [0.25, 0.3) is 0 Å². The van der Waals surface area contributed by atoms with Gasteiger partial charge in [0, 0.05) is 0 Å². The normalized spacial score (nSPS) is 13.6. The molecule has 3 N–H and O–H groups in total. The molecule has 18 heavy (non-hydrogen) atoms. The van der Waals surface area contributed by atoms with Crippen molar-refractivity contribution in [2.75, 3.05) is 0 Å². The minimum atomic E-state index is -0.0248. The molecular weight excluding hydrogens is 226 g/mol. The van der Waals surface area contributed by atoms with Crippen LogP contribution in [0.2, 0.25) is 0 Å². The minimum Gasteiger partial charge on any atom is -0.271 e. The molecule has 0 bridgehead atoms. The molecule has 1 unspecified atom stereocenters. The summed E-state index contributed by atoms with van der Waals surface area (Å²) in [7, 11) is 0. The Hall–Kier alpha value is -1.72. The summed E-state index contributed by atoms with van der Waals surface area (Å²) in [4.78, 5) is 0. The lowest BCUT2D eigenvalue weighted by atomic mass is 9.85. The van der Waals surface area contributed by atoms with Crippen LogP contribution < -0.4 is 11.3 Å². The summed E-state index contributed by atoms with van der Waals surface area (Å²) < 4.78 is 1.82. The molecule has 1 aromatic heterocycles. The fraction of sp³-hybridized carbons (Fsp3) is 0.385. The van der Waals surface area contributed by atoms with Crippen molar-refractivity contribution >= 4 is 0 Å². The van der Waals surface area contributed by atoms with Gasteiger partial charge in [-0.2, -0.15) is 0 Å². The molecule has 2 aromatic rings. The van der Waals surface area contributed by atoms with E-state index in [2.05, 4.69) is 36.5 Å². The van der Waals surface area contributed by atoms with Crippen molar-refractivity contribution < 1.29 is 0 Å². The predicted octanol–water partition coefficient (Wildman–Crippen LogP) is 1.82. The number of nitrogens with zero attached hydrogens (tertiary/aromatic N) is 3. The fourth-order valence-corrected chi connectivity index (χ4v) is 1.99. The molecule has 0 saturated heterocycles. The maximum atomic E-state index is 5.68. The lowest BCUT2D eigenvalue weighted by Gasteiger charge is -2.29. The van der Waals surface area contributed by atoms with E-state index in [-0.39, 0.29) is 11.5 Å². The Morgan fingerprint density at radius 1 is 1.22 bits per heavy atom. The maximum Gasteiger partial charge on any atom is 0.0834 e. The summed E-state index contributed by atoms with van der Waals surface area (Å²) in [6.45, 7) is 6.37.